The lowest BCUT2D eigenvalue weighted by molar-refractivity contribution is 0.102. The summed E-state index contributed by atoms with van der Waals surface area (Å²) in [6, 6.07) is 15.1. The van der Waals surface area contributed by atoms with E-state index in [4.69, 9.17) is 0 Å². The first-order chi connectivity index (χ1) is 10.1. The summed E-state index contributed by atoms with van der Waals surface area (Å²) in [6.07, 6.45) is 2.11. The molecule has 0 aliphatic carbocycles. The van der Waals surface area contributed by atoms with Gasteiger partial charge in [-0.05, 0) is 30.5 Å². The molecule has 0 radical (unpaired) electrons. The molecule has 2 aromatic carbocycles. The Hall–Kier alpha value is -1.74. The van der Waals surface area contributed by atoms with E-state index in [-0.39, 0.29) is 11.5 Å². The van der Waals surface area contributed by atoms with Crippen molar-refractivity contribution in [2.75, 3.05) is 5.75 Å². The van der Waals surface area contributed by atoms with Gasteiger partial charge in [0.25, 0.3) is 0 Å². The summed E-state index contributed by atoms with van der Waals surface area (Å²) in [5.41, 5.74) is 2.83. The molecule has 0 N–H and O–H groups in total. The summed E-state index contributed by atoms with van der Waals surface area (Å²) in [4.78, 5) is 13.0. The van der Waals surface area contributed by atoms with E-state index < -0.39 is 10.8 Å². The lowest BCUT2D eigenvalue weighted by atomic mass is 10.1. The topological polar surface area (TPSA) is 34.1 Å². The lowest BCUT2D eigenvalue weighted by Gasteiger charge is -2.06. The molecule has 2 aromatic rings. The van der Waals surface area contributed by atoms with E-state index in [0.717, 1.165) is 23.3 Å². The van der Waals surface area contributed by atoms with Gasteiger partial charge in [0.05, 0.1) is 16.6 Å². The van der Waals surface area contributed by atoms with Gasteiger partial charge in [0.1, 0.15) is 0 Å². The highest BCUT2D eigenvalue weighted by Gasteiger charge is 2.13. The van der Waals surface area contributed by atoms with Gasteiger partial charge in [-0.1, -0.05) is 55.8 Å². The number of benzene rings is 2. The molecule has 0 aliphatic rings. The van der Waals surface area contributed by atoms with Crippen LogP contribution in [0.4, 0.5) is 0 Å². The summed E-state index contributed by atoms with van der Waals surface area (Å²) >= 11 is 0. The van der Waals surface area contributed by atoms with Crippen LogP contribution in [0.5, 0.6) is 0 Å². The molecule has 1 atom stereocenters. The third kappa shape index (κ3) is 4.11. The molecule has 3 heteroatoms. The quantitative estimate of drug-likeness (QED) is 0.757. The van der Waals surface area contributed by atoms with E-state index in [9.17, 15) is 9.00 Å². The number of rotatable bonds is 6. The maximum atomic E-state index is 12.3. The predicted octanol–water partition coefficient (Wildman–Crippen LogP) is 3.94. The van der Waals surface area contributed by atoms with E-state index in [1.165, 1.54) is 5.56 Å². The van der Waals surface area contributed by atoms with Crippen LogP contribution in [0.2, 0.25) is 0 Å². The molecule has 0 spiro atoms. The molecular weight excluding hydrogens is 280 g/mol. The summed E-state index contributed by atoms with van der Waals surface area (Å²) in [5.74, 6) is -0.0301. The van der Waals surface area contributed by atoms with Gasteiger partial charge in [0.15, 0.2) is 5.78 Å². The predicted molar refractivity (Wildman–Crippen MR) is 87.2 cm³/mol. The van der Waals surface area contributed by atoms with Crippen molar-refractivity contribution in [3.05, 3.63) is 65.2 Å². The van der Waals surface area contributed by atoms with E-state index in [2.05, 4.69) is 6.92 Å². The van der Waals surface area contributed by atoms with Crippen molar-refractivity contribution in [1.82, 2.24) is 0 Å². The van der Waals surface area contributed by atoms with Crippen LogP contribution in [0.25, 0.3) is 0 Å². The van der Waals surface area contributed by atoms with Gasteiger partial charge in [0, 0.05) is 10.5 Å². The summed E-state index contributed by atoms with van der Waals surface area (Å²) in [6.45, 7) is 4.04. The third-order valence-electron chi connectivity index (χ3n) is 3.42. The molecule has 0 heterocycles. The fourth-order valence-corrected chi connectivity index (χ4v) is 3.46. The first kappa shape index (κ1) is 15.6. The van der Waals surface area contributed by atoms with Crippen molar-refractivity contribution in [2.45, 2.75) is 31.6 Å². The number of aryl methyl sites for hydroxylation is 2. The zero-order valence-corrected chi connectivity index (χ0v) is 13.3. The zero-order valence-electron chi connectivity index (χ0n) is 12.5. The van der Waals surface area contributed by atoms with Crippen LogP contribution in [0.3, 0.4) is 0 Å². The van der Waals surface area contributed by atoms with Crippen molar-refractivity contribution in [2.24, 2.45) is 0 Å². The smallest absolute Gasteiger partial charge is 0.175 e. The molecule has 0 bridgehead atoms. The van der Waals surface area contributed by atoms with Crippen LogP contribution < -0.4 is 0 Å². The van der Waals surface area contributed by atoms with Crippen LogP contribution in [-0.2, 0) is 17.2 Å². The largest absolute Gasteiger partial charge is 0.293 e. The van der Waals surface area contributed by atoms with Gasteiger partial charge < -0.3 is 0 Å². The molecule has 1 unspecified atom stereocenters. The van der Waals surface area contributed by atoms with Crippen molar-refractivity contribution in [3.63, 3.8) is 0 Å². The van der Waals surface area contributed by atoms with E-state index in [0.29, 0.717) is 5.56 Å². The van der Waals surface area contributed by atoms with E-state index >= 15 is 0 Å². The molecule has 0 fully saturated rings. The maximum Gasteiger partial charge on any atom is 0.175 e. The Morgan fingerprint density at radius 1 is 1.05 bits per heavy atom. The number of ketones is 1. The highest BCUT2D eigenvalue weighted by Crippen LogP contribution is 2.14. The van der Waals surface area contributed by atoms with Crippen molar-refractivity contribution < 1.29 is 9.00 Å². The molecule has 0 saturated heterocycles. The average Bonchev–Trinajstić information content (AvgIpc) is 2.48. The lowest BCUT2D eigenvalue weighted by Crippen LogP contribution is -2.12. The second-order valence-electron chi connectivity index (χ2n) is 5.13. The SMILES string of the molecule is CCCc1ccc(C(=O)CS(=O)c2ccccc2C)cc1. The van der Waals surface area contributed by atoms with Gasteiger partial charge >= 0.3 is 0 Å². The van der Waals surface area contributed by atoms with Crippen LogP contribution in [-0.4, -0.2) is 15.7 Å². The molecule has 0 aliphatic heterocycles. The summed E-state index contributed by atoms with van der Waals surface area (Å²) in [5, 5.41) is 0. The Balaban J connectivity index is 2.07. The second kappa shape index (κ2) is 7.32. The molecular formula is C18H20O2S. The number of Topliss-reactive ketones (excluding diaryl/α,β-unsaturated/α-hetero) is 1. The molecule has 2 rings (SSSR count). The van der Waals surface area contributed by atoms with Crippen LogP contribution in [0, 0.1) is 6.92 Å². The average molecular weight is 300 g/mol. The molecule has 2 nitrogen and oxygen atoms in total. The minimum absolute atomic E-state index is 0.0397. The van der Waals surface area contributed by atoms with Gasteiger partial charge in [-0.15, -0.1) is 0 Å². The third-order valence-corrected chi connectivity index (χ3v) is 4.89. The Morgan fingerprint density at radius 2 is 1.71 bits per heavy atom. The normalized spacial score (nSPS) is 12.1. The number of hydrogen-bond donors (Lipinski definition) is 0. The van der Waals surface area contributed by atoms with Gasteiger partial charge in [-0.3, -0.25) is 9.00 Å². The van der Waals surface area contributed by atoms with Crippen LogP contribution >= 0.6 is 0 Å². The molecule has 0 saturated carbocycles. The first-order valence-electron chi connectivity index (χ1n) is 7.18. The first-order valence-corrected chi connectivity index (χ1v) is 8.50. The summed E-state index contributed by atoms with van der Waals surface area (Å²) < 4.78 is 12.3. The molecule has 21 heavy (non-hydrogen) atoms. The second-order valence-corrected chi connectivity index (χ2v) is 6.55. The monoisotopic (exact) mass is 300 g/mol. The Kier molecular flexibility index (Phi) is 5.45. The Bertz CT molecular complexity index is 645. The molecule has 110 valence electrons. The maximum absolute atomic E-state index is 12.3. The Morgan fingerprint density at radius 3 is 2.33 bits per heavy atom. The summed E-state index contributed by atoms with van der Waals surface area (Å²) in [7, 11) is -1.28. The standard InChI is InChI=1S/C18H20O2S/c1-3-6-15-9-11-16(12-10-15)17(19)13-21(20)18-8-5-4-7-14(18)2/h4-5,7-12H,3,6,13H2,1-2H3. The van der Waals surface area contributed by atoms with Gasteiger partial charge in [0.2, 0.25) is 0 Å². The van der Waals surface area contributed by atoms with Crippen LogP contribution in [0.15, 0.2) is 53.4 Å². The number of carbonyl (C=O) groups excluding carboxylic acids is 1. The van der Waals surface area contributed by atoms with Crippen molar-refractivity contribution >= 4 is 16.6 Å². The fraction of sp³-hybridized carbons (Fsp3) is 0.278. The van der Waals surface area contributed by atoms with Gasteiger partial charge in [-0.25, -0.2) is 0 Å². The van der Waals surface area contributed by atoms with Crippen molar-refractivity contribution in [1.29, 1.82) is 0 Å². The van der Waals surface area contributed by atoms with E-state index in [1.54, 1.807) is 0 Å². The fourth-order valence-electron chi connectivity index (χ4n) is 2.24. The highest BCUT2D eigenvalue weighted by molar-refractivity contribution is 7.85. The molecule has 0 amide bonds. The Labute approximate surface area is 128 Å². The molecule has 0 aromatic heterocycles. The van der Waals surface area contributed by atoms with E-state index in [1.807, 2.05) is 55.5 Å². The van der Waals surface area contributed by atoms with Crippen molar-refractivity contribution in [3.8, 4) is 0 Å². The zero-order chi connectivity index (χ0) is 15.2. The number of hydrogen-bond acceptors (Lipinski definition) is 2. The van der Waals surface area contributed by atoms with Crippen LogP contribution in [0.1, 0.15) is 34.8 Å². The highest BCUT2D eigenvalue weighted by atomic mass is 32.2. The van der Waals surface area contributed by atoms with Gasteiger partial charge in [-0.2, -0.15) is 0 Å². The minimum atomic E-state index is -1.28. The minimum Gasteiger partial charge on any atom is -0.293 e. The number of carbonyl (C=O) groups is 1.